The fourth-order valence-electron chi connectivity index (χ4n) is 8.71. The van der Waals surface area contributed by atoms with Gasteiger partial charge in [-0.3, -0.25) is 9.59 Å². The molecule has 0 N–H and O–H groups in total. The standard InChI is InChI=1S/C65H116O5/c1-4-7-10-13-16-19-22-25-28-31-33-35-37-40-43-46-49-52-55-58-64(66)69-62-63(61-68-60-57-54-51-48-45-42-39-36-32-29-26-23-20-17-14-11-8-5-2)70-65(67)59-56-53-50-47-44-41-38-34-30-27-24-21-18-15-12-9-6-3/h7,10,16,19,25,27-28,30,33,35,40,43,63H,4-6,8-9,11-15,17-18,20-24,26,29,31-32,34,36-39,41-42,44-62H2,1-3H3/b10-7-,19-16-,28-25-,30-27-,35-33-,43-40-. The molecule has 0 aromatic rings. The quantitative estimate of drug-likeness (QED) is 0.0345. The van der Waals surface area contributed by atoms with Gasteiger partial charge >= 0.3 is 11.9 Å². The molecule has 1 atom stereocenters. The number of unbranched alkanes of at least 4 members (excludes halogenated alkanes) is 33. The van der Waals surface area contributed by atoms with Crippen molar-refractivity contribution in [3.05, 3.63) is 72.9 Å². The molecule has 0 aromatic carbocycles. The van der Waals surface area contributed by atoms with Gasteiger partial charge in [0.2, 0.25) is 0 Å². The highest BCUT2D eigenvalue weighted by Crippen LogP contribution is 2.16. The third-order valence-corrected chi connectivity index (χ3v) is 13.2. The summed E-state index contributed by atoms with van der Waals surface area (Å²) in [7, 11) is 0. The summed E-state index contributed by atoms with van der Waals surface area (Å²) in [4.78, 5) is 25.6. The van der Waals surface area contributed by atoms with Gasteiger partial charge in [-0.15, -0.1) is 0 Å². The molecule has 0 spiro atoms. The second kappa shape index (κ2) is 60.6. The van der Waals surface area contributed by atoms with Gasteiger partial charge in [0, 0.05) is 19.4 Å². The monoisotopic (exact) mass is 977 g/mol. The van der Waals surface area contributed by atoms with Gasteiger partial charge in [-0.1, -0.05) is 273 Å². The molecule has 0 aromatic heterocycles. The molecule has 0 aliphatic rings. The fraction of sp³-hybridized carbons (Fsp3) is 0.785. The molecule has 5 nitrogen and oxygen atoms in total. The highest BCUT2D eigenvalue weighted by molar-refractivity contribution is 5.70. The van der Waals surface area contributed by atoms with Crippen LogP contribution in [0.1, 0.15) is 303 Å². The van der Waals surface area contributed by atoms with E-state index in [4.69, 9.17) is 14.2 Å². The van der Waals surface area contributed by atoms with E-state index in [1.807, 2.05) is 0 Å². The van der Waals surface area contributed by atoms with Gasteiger partial charge in [0.25, 0.3) is 0 Å². The normalized spacial score (nSPS) is 12.7. The van der Waals surface area contributed by atoms with Crippen LogP contribution in [0.3, 0.4) is 0 Å². The first-order valence-corrected chi connectivity index (χ1v) is 30.5. The average Bonchev–Trinajstić information content (AvgIpc) is 3.36. The molecule has 0 aliphatic heterocycles. The van der Waals surface area contributed by atoms with Crippen LogP contribution in [-0.2, 0) is 23.8 Å². The van der Waals surface area contributed by atoms with Crippen molar-refractivity contribution in [1.29, 1.82) is 0 Å². The van der Waals surface area contributed by atoms with Gasteiger partial charge in [0.15, 0.2) is 6.10 Å². The van der Waals surface area contributed by atoms with E-state index in [1.54, 1.807) is 0 Å². The summed E-state index contributed by atoms with van der Waals surface area (Å²) in [6, 6.07) is 0. The minimum atomic E-state index is -0.554. The zero-order valence-electron chi connectivity index (χ0n) is 46.8. The molecule has 5 heteroatoms. The molecule has 0 rings (SSSR count). The molecule has 1 unspecified atom stereocenters. The van der Waals surface area contributed by atoms with E-state index in [9.17, 15) is 9.59 Å². The topological polar surface area (TPSA) is 61.8 Å². The van der Waals surface area contributed by atoms with Crippen molar-refractivity contribution in [1.82, 2.24) is 0 Å². The smallest absolute Gasteiger partial charge is 0.306 e. The van der Waals surface area contributed by atoms with E-state index >= 15 is 0 Å². The van der Waals surface area contributed by atoms with Gasteiger partial charge in [-0.05, 0) is 89.9 Å². The average molecular weight is 978 g/mol. The fourth-order valence-corrected chi connectivity index (χ4v) is 8.71. The molecular formula is C65H116O5. The minimum absolute atomic E-state index is 0.0674. The Labute approximate surface area is 436 Å². The van der Waals surface area contributed by atoms with Gasteiger partial charge in [-0.25, -0.2) is 0 Å². The zero-order chi connectivity index (χ0) is 50.6. The Balaban J connectivity index is 4.32. The molecule has 0 aliphatic carbocycles. The maximum atomic E-state index is 12.9. The molecule has 0 fully saturated rings. The molecule has 0 saturated heterocycles. The summed E-state index contributed by atoms with van der Waals surface area (Å²) in [5.41, 5.74) is 0. The van der Waals surface area contributed by atoms with Crippen LogP contribution in [0, 0.1) is 0 Å². The van der Waals surface area contributed by atoms with Crippen molar-refractivity contribution >= 4 is 11.9 Å². The summed E-state index contributed by atoms with van der Waals surface area (Å²) in [6.07, 6.45) is 79.3. The van der Waals surface area contributed by atoms with E-state index in [1.165, 1.54) is 180 Å². The second-order valence-electron chi connectivity index (χ2n) is 20.2. The highest BCUT2D eigenvalue weighted by atomic mass is 16.6. The second-order valence-corrected chi connectivity index (χ2v) is 20.2. The van der Waals surface area contributed by atoms with Crippen LogP contribution in [0.2, 0.25) is 0 Å². The lowest BCUT2D eigenvalue weighted by atomic mass is 10.0. The molecule has 0 radical (unpaired) electrons. The Kier molecular flexibility index (Phi) is 58.3. The summed E-state index contributed by atoms with van der Waals surface area (Å²) < 4.78 is 17.5. The van der Waals surface area contributed by atoms with Gasteiger partial charge in [0.1, 0.15) is 6.61 Å². The summed E-state index contributed by atoms with van der Waals surface area (Å²) in [5.74, 6) is -0.427. The van der Waals surface area contributed by atoms with Crippen LogP contribution < -0.4 is 0 Å². The molecule has 0 amide bonds. The Bertz CT molecular complexity index is 1240. The van der Waals surface area contributed by atoms with Crippen molar-refractivity contribution < 1.29 is 23.8 Å². The first kappa shape index (κ1) is 67.3. The van der Waals surface area contributed by atoms with E-state index in [0.29, 0.717) is 19.4 Å². The van der Waals surface area contributed by atoms with Crippen LogP contribution >= 0.6 is 0 Å². The zero-order valence-corrected chi connectivity index (χ0v) is 46.8. The van der Waals surface area contributed by atoms with Crippen molar-refractivity contribution in [2.45, 2.75) is 309 Å². The molecule has 0 bridgehead atoms. The predicted octanol–water partition coefficient (Wildman–Crippen LogP) is 21.0. The van der Waals surface area contributed by atoms with E-state index < -0.39 is 6.10 Å². The highest BCUT2D eigenvalue weighted by Gasteiger charge is 2.17. The number of hydrogen-bond acceptors (Lipinski definition) is 5. The number of rotatable bonds is 56. The summed E-state index contributed by atoms with van der Waals surface area (Å²) in [6.45, 7) is 7.72. The largest absolute Gasteiger partial charge is 0.462 e. The summed E-state index contributed by atoms with van der Waals surface area (Å²) in [5, 5.41) is 0. The number of carbonyl (C=O) groups excluding carboxylic acids is 2. The summed E-state index contributed by atoms with van der Waals surface area (Å²) >= 11 is 0. The van der Waals surface area contributed by atoms with Crippen molar-refractivity contribution in [3.8, 4) is 0 Å². The van der Waals surface area contributed by atoms with Crippen molar-refractivity contribution in [2.24, 2.45) is 0 Å². The number of ether oxygens (including phenoxy) is 3. The molecule has 0 saturated carbocycles. The SMILES string of the molecule is CC/C=C\C/C=C\C/C=C\C/C=C\C/C=C\CCCCCC(=O)OCC(COCCCCCCCCCCCCCCCCCCCC)OC(=O)CCCCCCCCC/C=C\CCCCCCCC. The Morgan fingerprint density at radius 1 is 0.329 bits per heavy atom. The molecule has 406 valence electrons. The maximum Gasteiger partial charge on any atom is 0.306 e. The number of allylic oxidation sites excluding steroid dienone is 12. The predicted molar refractivity (Wildman–Crippen MR) is 307 cm³/mol. The van der Waals surface area contributed by atoms with Crippen LogP contribution in [0.25, 0.3) is 0 Å². The molecular weight excluding hydrogens is 861 g/mol. The third kappa shape index (κ3) is 57.9. The Morgan fingerprint density at radius 3 is 1.06 bits per heavy atom. The molecule has 0 heterocycles. The third-order valence-electron chi connectivity index (χ3n) is 13.2. The van der Waals surface area contributed by atoms with Crippen LogP contribution in [0.5, 0.6) is 0 Å². The number of hydrogen-bond donors (Lipinski definition) is 0. The van der Waals surface area contributed by atoms with E-state index in [2.05, 4.69) is 93.7 Å². The van der Waals surface area contributed by atoms with Crippen LogP contribution in [0.4, 0.5) is 0 Å². The van der Waals surface area contributed by atoms with Gasteiger partial charge in [-0.2, -0.15) is 0 Å². The van der Waals surface area contributed by atoms with Gasteiger partial charge in [0.05, 0.1) is 6.61 Å². The van der Waals surface area contributed by atoms with E-state index in [-0.39, 0.29) is 25.2 Å². The minimum Gasteiger partial charge on any atom is -0.462 e. The first-order valence-electron chi connectivity index (χ1n) is 30.5. The molecule has 70 heavy (non-hydrogen) atoms. The lowest BCUT2D eigenvalue weighted by Gasteiger charge is -2.18. The van der Waals surface area contributed by atoms with Crippen molar-refractivity contribution in [2.75, 3.05) is 19.8 Å². The Hall–Kier alpha value is -2.66. The van der Waals surface area contributed by atoms with Crippen LogP contribution in [0.15, 0.2) is 72.9 Å². The first-order chi connectivity index (χ1) is 34.6. The Morgan fingerprint density at radius 2 is 0.643 bits per heavy atom. The lowest BCUT2D eigenvalue weighted by Crippen LogP contribution is -2.30. The maximum absolute atomic E-state index is 12.9. The lowest BCUT2D eigenvalue weighted by molar-refractivity contribution is -0.163. The van der Waals surface area contributed by atoms with Crippen LogP contribution in [-0.4, -0.2) is 37.9 Å². The number of esters is 2. The number of carbonyl (C=O) groups is 2. The van der Waals surface area contributed by atoms with Crippen molar-refractivity contribution in [3.63, 3.8) is 0 Å². The van der Waals surface area contributed by atoms with Gasteiger partial charge < -0.3 is 14.2 Å². The van der Waals surface area contributed by atoms with E-state index in [0.717, 1.165) is 89.9 Å².